The van der Waals surface area contributed by atoms with E-state index in [9.17, 15) is 4.79 Å². The van der Waals surface area contributed by atoms with Gasteiger partial charge in [0.1, 0.15) is 5.69 Å². The number of pyridine rings is 1. The minimum Gasteiger partial charge on any atom is -0.354 e. The average molecular weight is 352 g/mol. The fourth-order valence-electron chi connectivity index (χ4n) is 2.40. The summed E-state index contributed by atoms with van der Waals surface area (Å²) in [5.74, 6) is -0.234. The van der Waals surface area contributed by atoms with Crippen molar-refractivity contribution in [2.45, 2.75) is 13.5 Å². The number of carbonyl (C=O) groups is 1. The van der Waals surface area contributed by atoms with Crippen molar-refractivity contribution in [2.75, 3.05) is 5.32 Å². The van der Waals surface area contributed by atoms with Crippen LogP contribution in [0.2, 0.25) is 5.02 Å². The summed E-state index contributed by atoms with van der Waals surface area (Å²) in [5.41, 5.74) is 4.22. The maximum absolute atomic E-state index is 12.2. The Labute approximate surface area is 151 Å². The van der Waals surface area contributed by atoms with Gasteiger partial charge in [0.2, 0.25) is 0 Å². The second-order valence-electron chi connectivity index (χ2n) is 5.70. The van der Waals surface area contributed by atoms with Crippen molar-refractivity contribution in [3.63, 3.8) is 0 Å². The molecule has 3 aromatic rings. The van der Waals surface area contributed by atoms with E-state index in [2.05, 4.69) is 15.6 Å². The SMILES string of the molecule is Cc1cccc(Nc2ccc(C(=O)NCc3ccccc3Cl)nc2)c1. The van der Waals surface area contributed by atoms with Crippen LogP contribution in [0.15, 0.2) is 66.9 Å². The van der Waals surface area contributed by atoms with Gasteiger partial charge in [-0.2, -0.15) is 0 Å². The molecular formula is C20H18ClN3O. The number of benzene rings is 2. The molecule has 0 saturated carbocycles. The molecule has 1 heterocycles. The third kappa shape index (κ3) is 4.58. The molecule has 25 heavy (non-hydrogen) atoms. The number of aryl methyl sites for hydroxylation is 1. The molecule has 0 aliphatic rings. The molecule has 0 atom stereocenters. The molecule has 3 rings (SSSR count). The van der Waals surface area contributed by atoms with E-state index in [1.54, 1.807) is 18.3 Å². The lowest BCUT2D eigenvalue weighted by atomic mass is 10.2. The van der Waals surface area contributed by atoms with Gasteiger partial charge in [-0.05, 0) is 48.4 Å². The molecule has 2 aromatic carbocycles. The minimum atomic E-state index is -0.234. The lowest BCUT2D eigenvalue weighted by Gasteiger charge is -2.09. The third-order valence-corrected chi connectivity index (χ3v) is 4.07. The predicted octanol–water partition coefficient (Wildman–Crippen LogP) is 4.72. The number of carbonyl (C=O) groups excluding carboxylic acids is 1. The Balaban J connectivity index is 1.61. The summed E-state index contributed by atoms with van der Waals surface area (Å²) >= 11 is 6.09. The van der Waals surface area contributed by atoms with Crippen LogP contribution in [-0.2, 0) is 6.54 Å². The van der Waals surface area contributed by atoms with Gasteiger partial charge in [0, 0.05) is 17.3 Å². The predicted molar refractivity (Wildman–Crippen MR) is 101 cm³/mol. The van der Waals surface area contributed by atoms with Crippen LogP contribution in [0.25, 0.3) is 0 Å². The molecule has 1 aromatic heterocycles. The molecule has 0 radical (unpaired) electrons. The van der Waals surface area contributed by atoms with E-state index in [-0.39, 0.29) is 5.91 Å². The second-order valence-corrected chi connectivity index (χ2v) is 6.11. The monoisotopic (exact) mass is 351 g/mol. The fourth-order valence-corrected chi connectivity index (χ4v) is 2.60. The Hall–Kier alpha value is -2.85. The summed E-state index contributed by atoms with van der Waals surface area (Å²) in [6.45, 7) is 2.40. The normalized spacial score (nSPS) is 10.3. The number of nitrogens with zero attached hydrogens (tertiary/aromatic N) is 1. The van der Waals surface area contributed by atoms with E-state index < -0.39 is 0 Å². The zero-order chi connectivity index (χ0) is 17.6. The summed E-state index contributed by atoms with van der Waals surface area (Å²) in [6.07, 6.45) is 1.65. The van der Waals surface area contributed by atoms with Crippen LogP contribution in [0, 0.1) is 6.92 Å². The van der Waals surface area contributed by atoms with Crippen LogP contribution in [0.4, 0.5) is 11.4 Å². The van der Waals surface area contributed by atoms with E-state index in [1.807, 2.05) is 55.5 Å². The summed E-state index contributed by atoms with van der Waals surface area (Å²) < 4.78 is 0. The van der Waals surface area contributed by atoms with Crippen molar-refractivity contribution in [3.8, 4) is 0 Å². The van der Waals surface area contributed by atoms with E-state index in [4.69, 9.17) is 11.6 Å². The van der Waals surface area contributed by atoms with Gasteiger partial charge in [-0.15, -0.1) is 0 Å². The van der Waals surface area contributed by atoms with Crippen LogP contribution < -0.4 is 10.6 Å². The van der Waals surface area contributed by atoms with Crippen LogP contribution in [0.5, 0.6) is 0 Å². The highest BCUT2D eigenvalue weighted by Crippen LogP contribution is 2.17. The summed E-state index contributed by atoms with van der Waals surface area (Å²) in [6, 6.07) is 19.0. The van der Waals surface area contributed by atoms with Gasteiger partial charge in [-0.25, -0.2) is 4.98 Å². The number of halogens is 1. The first kappa shape index (κ1) is 17.0. The van der Waals surface area contributed by atoms with Crippen LogP contribution >= 0.6 is 11.6 Å². The zero-order valence-corrected chi connectivity index (χ0v) is 14.5. The number of hydrogen-bond donors (Lipinski definition) is 2. The highest BCUT2D eigenvalue weighted by Gasteiger charge is 2.08. The molecule has 2 N–H and O–H groups in total. The van der Waals surface area contributed by atoms with Crippen molar-refractivity contribution in [1.82, 2.24) is 10.3 Å². The maximum atomic E-state index is 12.2. The van der Waals surface area contributed by atoms with E-state index in [0.29, 0.717) is 17.3 Å². The number of rotatable bonds is 5. The molecule has 126 valence electrons. The number of aromatic nitrogens is 1. The van der Waals surface area contributed by atoms with Crippen molar-refractivity contribution >= 4 is 28.9 Å². The smallest absolute Gasteiger partial charge is 0.270 e. The molecule has 0 aliphatic heterocycles. The Kier molecular flexibility index (Phi) is 5.31. The average Bonchev–Trinajstić information content (AvgIpc) is 2.61. The van der Waals surface area contributed by atoms with Crippen molar-refractivity contribution in [3.05, 3.63) is 88.7 Å². The van der Waals surface area contributed by atoms with Gasteiger partial charge in [0.25, 0.3) is 5.91 Å². The molecule has 4 nitrogen and oxygen atoms in total. The van der Waals surface area contributed by atoms with Crippen LogP contribution in [0.3, 0.4) is 0 Å². The Morgan fingerprint density at radius 3 is 2.60 bits per heavy atom. The Morgan fingerprint density at radius 2 is 1.88 bits per heavy atom. The van der Waals surface area contributed by atoms with E-state index >= 15 is 0 Å². The number of amides is 1. The first-order chi connectivity index (χ1) is 12.1. The maximum Gasteiger partial charge on any atom is 0.270 e. The standard InChI is InChI=1S/C20H18ClN3O/c1-14-5-4-7-16(11-14)24-17-9-10-19(22-13-17)20(25)23-12-15-6-2-3-8-18(15)21/h2-11,13,24H,12H2,1H3,(H,23,25). The van der Waals surface area contributed by atoms with E-state index in [1.165, 1.54) is 5.56 Å². The van der Waals surface area contributed by atoms with Gasteiger partial charge < -0.3 is 10.6 Å². The lowest BCUT2D eigenvalue weighted by Crippen LogP contribution is -2.23. The van der Waals surface area contributed by atoms with Gasteiger partial charge in [-0.3, -0.25) is 4.79 Å². The first-order valence-corrected chi connectivity index (χ1v) is 8.31. The molecule has 0 fully saturated rings. The Bertz CT molecular complexity index is 878. The van der Waals surface area contributed by atoms with Crippen molar-refractivity contribution < 1.29 is 4.79 Å². The van der Waals surface area contributed by atoms with Crippen LogP contribution in [0.1, 0.15) is 21.6 Å². The molecule has 0 unspecified atom stereocenters. The highest BCUT2D eigenvalue weighted by atomic mass is 35.5. The van der Waals surface area contributed by atoms with Gasteiger partial charge >= 0.3 is 0 Å². The zero-order valence-electron chi connectivity index (χ0n) is 13.8. The lowest BCUT2D eigenvalue weighted by molar-refractivity contribution is 0.0946. The van der Waals surface area contributed by atoms with Gasteiger partial charge in [0.05, 0.1) is 11.9 Å². The molecule has 0 saturated heterocycles. The minimum absolute atomic E-state index is 0.234. The first-order valence-electron chi connectivity index (χ1n) is 7.93. The largest absolute Gasteiger partial charge is 0.354 e. The molecule has 0 bridgehead atoms. The molecule has 0 spiro atoms. The van der Waals surface area contributed by atoms with Crippen LogP contribution in [-0.4, -0.2) is 10.9 Å². The second kappa shape index (κ2) is 7.81. The summed E-state index contributed by atoms with van der Waals surface area (Å²) in [5, 5.41) is 6.72. The molecule has 1 amide bonds. The Morgan fingerprint density at radius 1 is 1.04 bits per heavy atom. The quantitative estimate of drug-likeness (QED) is 0.699. The summed E-state index contributed by atoms with van der Waals surface area (Å²) in [7, 11) is 0. The summed E-state index contributed by atoms with van der Waals surface area (Å²) in [4.78, 5) is 16.4. The number of anilines is 2. The van der Waals surface area contributed by atoms with E-state index in [0.717, 1.165) is 16.9 Å². The fraction of sp³-hybridized carbons (Fsp3) is 0.100. The van der Waals surface area contributed by atoms with Gasteiger partial charge in [-0.1, -0.05) is 41.9 Å². The third-order valence-electron chi connectivity index (χ3n) is 3.70. The topological polar surface area (TPSA) is 54.0 Å². The van der Waals surface area contributed by atoms with Crippen molar-refractivity contribution in [2.24, 2.45) is 0 Å². The highest BCUT2D eigenvalue weighted by molar-refractivity contribution is 6.31. The van der Waals surface area contributed by atoms with Gasteiger partial charge in [0.15, 0.2) is 0 Å². The van der Waals surface area contributed by atoms with Crippen molar-refractivity contribution in [1.29, 1.82) is 0 Å². The molecule has 5 heteroatoms. The number of hydrogen-bond acceptors (Lipinski definition) is 3. The number of nitrogens with one attached hydrogen (secondary N) is 2. The molecular weight excluding hydrogens is 334 g/mol. The molecule has 0 aliphatic carbocycles.